The zero-order valence-corrected chi connectivity index (χ0v) is 18.6. The highest BCUT2D eigenvalue weighted by molar-refractivity contribution is 7.11. The number of hydrogen-bond acceptors (Lipinski definition) is 4. The number of primary amides is 1. The van der Waals surface area contributed by atoms with E-state index >= 15 is 0 Å². The fourth-order valence-electron chi connectivity index (χ4n) is 3.81. The molecule has 2 amide bonds. The molecule has 0 bridgehead atoms. The number of piperidine rings is 1. The third-order valence-corrected chi connectivity index (χ3v) is 6.52. The van der Waals surface area contributed by atoms with Gasteiger partial charge in [0.1, 0.15) is 12.4 Å². The first-order chi connectivity index (χ1) is 15.6. The molecule has 3 aromatic rings. The number of hydrogen-bond donors (Lipinski definition) is 1. The van der Waals surface area contributed by atoms with E-state index in [-0.39, 0.29) is 17.7 Å². The molecule has 6 heteroatoms. The molecule has 0 radical (unpaired) electrons. The van der Waals surface area contributed by atoms with Crippen molar-refractivity contribution in [3.63, 3.8) is 0 Å². The molecule has 1 saturated heterocycles. The third-order valence-electron chi connectivity index (χ3n) is 5.62. The molecule has 5 nitrogen and oxygen atoms in total. The van der Waals surface area contributed by atoms with Gasteiger partial charge in [-0.15, -0.1) is 11.3 Å². The molecule has 32 heavy (non-hydrogen) atoms. The van der Waals surface area contributed by atoms with Crippen LogP contribution in [-0.2, 0) is 16.2 Å². The van der Waals surface area contributed by atoms with E-state index in [1.54, 1.807) is 0 Å². The molecule has 2 N–H and O–H groups in total. The summed E-state index contributed by atoms with van der Waals surface area (Å²) in [5.74, 6) is 0.305. The van der Waals surface area contributed by atoms with E-state index in [4.69, 9.17) is 10.5 Å². The van der Waals surface area contributed by atoms with Gasteiger partial charge in [-0.1, -0.05) is 48.5 Å². The van der Waals surface area contributed by atoms with Crippen LogP contribution in [0.25, 0.3) is 11.6 Å². The minimum Gasteiger partial charge on any atom is -0.489 e. The van der Waals surface area contributed by atoms with Gasteiger partial charge < -0.3 is 15.4 Å². The van der Waals surface area contributed by atoms with E-state index in [2.05, 4.69) is 0 Å². The third kappa shape index (κ3) is 5.45. The summed E-state index contributed by atoms with van der Waals surface area (Å²) in [5.41, 5.74) is 8.09. The van der Waals surface area contributed by atoms with Crippen molar-refractivity contribution in [1.82, 2.24) is 4.90 Å². The summed E-state index contributed by atoms with van der Waals surface area (Å²) in [6.45, 7) is 1.56. The summed E-state index contributed by atoms with van der Waals surface area (Å²) in [7, 11) is 0. The molecule has 0 aliphatic carbocycles. The van der Waals surface area contributed by atoms with E-state index in [1.807, 2.05) is 83.1 Å². The molecule has 4 rings (SSSR count). The molecule has 2 aromatic carbocycles. The highest BCUT2D eigenvalue weighted by Gasteiger charge is 2.28. The number of thiophene rings is 1. The first-order valence-corrected chi connectivity index (χ1v) is 11.6. The summed E-state index contributed by atoms with van der Waals surface area (Å²) >= 11 is 1.54. The van der Waals surface area contributed by atoms with Crippen LogP contribution in [0, 0.1) is 5.92 Å². The van der Waals surface area contributed by atoms with Crippen LogP contribution in [0.3, 0.4) is 0 Å². The predicted molar refractivity (Wildman–Crippen MR) is 128 cm³/mol. The van der Waals surface area contributed by atoms with Crippen LogP contribution in [0.1, 0.15) is 28.8 Å². The van der Waals surface area contributed by atoms with Crippen molar-refractivity contribution in [3.05, 3.63) is 88.1 Å². The van der Waals surface area contributed by atoms with Crippen LogP contribution in [0.4, 0.5) is 0 Å². The Morgan fingerprint density at radius 1 is 1.03 bits per heavy atom. The van der Waals surface area contributed by atoms with Crippen LogP contribution < -0.4 is 10.5 Å². The molecule has 1 fully saturated rings. The Morgan fingerprint density at radius 3 is 2.50 bits per heavy atom. The van der Waals surface area contributed by atoms with Crippen molar-refractivity contribution in [2.45, 2.75) is 19.4 Å². The lowest BCUT2D eigenvalue weighted by Gasteiger charge is -2.31. The Morgan fingerprint density at radius 2 is 1.81 bits per heavy atom. The first-order valence-electron chi connectivity index (χ1n) is 10.7. The molecule has 1 aliphatic rings. The van der Waals surface area contributed by atoms with Crippen molar-refractivity contribution < 1.29 is 14.3 Å². The van der Waals surface area contributed by atoms with Gasteiger partial charge in [-0.25, -0.2) is 0 Å². The molecule has 1 aromatic heterocycles. The topological polar surface area (TPSA) is 72.6 Å². The summed E-state index contributed by atoms with van der Waals surface area (Å²) in [5, 5.41) is 1.97. The highest BCUT2D eigenvalue weighted by Crippen LogP contribution is 2.28. The lowest BCUT2D eigenvalue weighted by Crippen LogP contribution is -2.42. The maximum Gasteiger partial charge on any atom is 0.255 e. The summed E-state index contributed by atoms with van der Waals surface area (Å²) in [6.07, 6.45) is 3.15. The maximum atomic E-state index is 13.4. The second-order valence-electron chi connectivity index (χ2n) is 7.85. The molecule has 0 unspecified atom stereocenters. The number of benzene rings is 2. The second kappa shape index (κ2) is 10.3. The smallest absolute Gasteiger partial charge is 0.255 e. The number of carbonyl (C=O) groups is 2. The van der Waals surface area contributed by atoms with Gasteiger partial charge in [-0.3, -0.25) is 9.59 Å². The average molecular weight is 447 g/mol. The summed E-state index contributed by atoms with van der Waals surface area (Å²) in [4.78, 5) is 27.6. The van der Waals surface area contributed by atoms with Gasteiger partial charge in [0.2, 0.25) is 5.91 Å². The predicted octanol–water partition coefficient (Wildman–Crippen LogP) is 4.59. The zero-order chi connectivity index (χ0) is 22.3. The first kappa shape index (κ1) is 21.8. The number of ether oxygens (including phenoxy) is 1. The summed E-state index contributed by atoms with van der Waals surface area (Å²) < 4.78 is 5.95. The Kier molecular flexibility index (Phi) is 7.02. The van der Waals surface area contributed by atoms with Crippen molar-refractivity contribution in [3.8, 4) is 5.75 Å². The molecular formula is C26H26N2O3S. The zero-order valence-electron chi connectivity index (χ0n) is 17.8. The van der Waals surface area contributed by atoms with Crippen LogP contribution in [0.2, 0.25) is 0 Å². The van der Waals surface area contributed by atoms with E-state index in [0.29, 0.717) is 38.1 Å². The van der Waals surface area contributed by atoms with E-state index < -0.39 is 0 Å². The number of carbonyl (C=O) groups excluding carboxylic acids is 2. The van der Waals surface area contributed by atoms with Gasteiger partial charge in [0.15, 0.2) is 0 Å². The van der Waals surface area contributed by atoms with Gasteiger partial charge in [0.05, 0.1) is 5.57 Å². The second-order valence-corrected chi connectivity index (χ2v) is 8.80. The normalized spacial score (nSPS) is 14.9. The Hall–Kier alpha value is -3.38. The Labute approximate surface area is 192 Å². The molecular weight excluding hydrogens is 420 g/mol. The number of likely N-dealkylation sites (tertiary alicyclic amines) is 1. The largest absolute Gasteiger partial charge is 0.489 e. The Bertz CT molecular complexity index is 1090. The van der Waals surface area contributed by atoms with Gasteiger partial charge >= 0.3 is 0 Å². The standard InChI is InChI=1S/C26H26N2O3S/c27-25(29)21-11-13-28(14-12-21)26(30)23(24-10-5-15-32-24)17-20-8-4-9-22(16-20)31-18-19-6-2-1-3-7-19/h1-10,15-17,21H,11-14,18H2,(H2,27,29)/b23-17+. The minimum absolute atomic E-state index is 0.0222. The molecule has 2 heterocycles. The van der Waals surface area contributed by atoms with Gasteiger partial charge in [-0.2, -0.15) is 0 Å². The van der Waals surface area contributed by atoms with Crippen LogP contribution >= 0.6 is 11.3 Å². The van der Waals surface area contributed by atoms with Gasteiger partial charge in [-0.05, 0) is 53.6 Å². The lowest BCUT2D eigenvalue weighted by molar-refractivity contribution is -0.130. The van der Waals surface area contributed by atoms with E-state index in [9.17, 15) is 9.59 Å². The fraction of sp³-hybridized carbons (Fsp3) is 0.231. The Balaban J connectivity index is 1.53. The molecule has 164 valence electrons. The van der Waals surface area contributed by atoms with Crippen LogP contribution in [0.5, 0.6) is 5.75 Å². The highest BCUT2D eigenvalue weighted by atomic mass is 32.1. The summed E-state index contributed by atoms with van der Waals surface area (Å²) in [6, 6.07) is 21.7. The molecule has 0 spiro atoms. The fourth-order valence-corrected chi connectivity index (χ4v) is 4.54. The van der Waals surface area contributed by atoms with Crippen LogP contribution in [-0.4, -0.2) is 29.8 Å². The van der Waals surface area contributed by atoms with E-state index in [0.717, 1.165) is 21.8 Å². The SMILES string of the molecule is NC(=O)C1CCN(C(=O)/C(=C/c2cccc(OCc3ccccc3)c2)c2cccs2)CC1. The minimum atomic E-state index is -0.279. The number of rotatable bonds is 7. The molecule has 0 atom stereocenters. The average Bonchev–Trinajstić information content (AvgIpc) is 3.36. The van der Waals surface area contributed by atoms with Crippen molar-refractivity contribution in [2.75, 3.05) is 13.1 Å². The molecule has 1 aliphatic heterocycles. The maximum absolute atomic E-state index is 13.4. The number of nitrogens with two attached hydrogens (primary N) is 1. The number of nitrogens with zero attached hydrogens (tertiary/aromatic N) is 1. The van der Waals surface area contributed by atoms with Crippen LogP contribution in [0.15, 0.2) is 72.1 Å². The monoisotopic (exact) mass is 446 g/mol. The quantitative estimate of drug-likeness (QED) is 0.540. The van der Waals surface area contributed by atoms with Crippen molar-refractivity contribution in [1.29, 1.82) is 0 Å². The van der Waals surface area contributed by atoms with Crippen molar-refractivity contribution in [2.24, 2.45) is 11.7 Å². The van der Waals surface area contributed by atoms with Gasteiger partial charge in [0, 0.05) is 23.9 Å². The van der Waals surface area contributed by atoms with Gasteiger partial charge in [0.25, 0.3) is 5.91 Å². The van der Waals surface area contributed by atoms with Crippen molar-refractivity contribution >= 4 is 34.8 Å². The number of amides is 2. The lowest BCUT2D eigenvalue weighted by atomic mass is 9.95. The van der Waals surface area contributed by atoms with E-state index in [1.165, 1.54) is 11.3 Å². The molecule has 0 saturated carbocycles.